The second-order valence-electron chi connectivity index (χ2n) is 8.69. The molecule has 0 bridgehead atoms. The minimum Gasteiger partial charge on any atom is -0.480 e. The number of amides is 4. The van der Waals surface area contributed by atoms with Gasteiger partial charge < -0.3 is 31.5 Å². The van der Waals surface area contributed by atoms with Crippen LogP contribution in [-0.2, 0) is 9.59 Å². The average molecular weight is 551 g/mol. The van der Waals surface area contributed by atoms with E-state index in [1.165, 1.54) is 38.5 Å². The van der Waals surface area contributed by atoms with Gasteiger partial charge in [-0.25, -0.2) is 19.2 Å². The summed E-state index contributed by atoms with van der Waals surface area (Å²) in [7, 11) is 2.27. The van der Waals surface area contributed by atoms with E-state index in [0.717, 1.165) is 60.1 Å². The number of carbonyl (C=O) groups is 4. The Balaban J connectivity index is 4.14. The highest BCUT2D eigenvalue weighted by atomic mass is 33.1. The molecule has 0 fully saturated rings. The zero-order chi connectivity index (χ0) is 27.0. The molecule has 0 aliphatic heterocycles. The maximum Gasteiger partial charge on any atom is 0.327 e. The molecule has 0 spiro atoms. The number of hydrogen-bond donors (Lipinski definition) is 6. The van der Waals surface area contributed by atoms with Crippen LogP contribution in [0.2, 0.25) is 0 Å². The van der Waals surface area contributed by atoms with E-state index in [-0.39, 0.29) is 11.5 Å². The molecule has 0 heterocycles. The maximum absolute atomic E-state index is 12.0. The molecular weight excluding hydrogens is 504 g/mol. The predicted octanol–water partition coefficient (Wildman–Crippen LogP) is 4.59. The van der Waals surface area contributed by atoms with Crippen molar-refractivity contribution in [2.24, 2.45) is 0 Å². The minimum absolute atomic E-state index is 0.0566. The highest BCUT2D eigenvalue weighted by Gasteiger charge is 2.23. The van der Waals surface area contributed by atoms with Crippen LogP contribution in [0.1, 0.15) is 90.9 Å². The van der Waals surface area contributed by atoms with E-state index in [1.54, 1.807) is 0 Å². The van der Waals surface area contributed by atoms with Crippen molar-refractivity contribution in [1.29, 1.82) is 0 Å². The number of carboxylic acid groups (broad SMARTS) is 2. The maximum atomic E-state index is 12.0. The van der Waals surface area contributed by atoms with Crippen LogP contribution in [0.4, 0.5) is 9.59 Å². The first-order valence-corrected chi connectivity index (χ1v) is 15.6. The van der Waals surface area contributed by atoms with Gasteiger partial charge in [-0.3, -0.25) is 0 Å². The van der Waals surface area contributed by atoms with Crippen LogP contribution in [0.5, 0.6) is 0 Å². The van der Waals surface area contributed by atoms with Gasteiger partial charge in [0.1, 0.15) is 12.1 Å². The Hall–Kier alpha value is -1.82. The first-order valence-electron chi connectivity index (χ1n) is 13.1. The first kappa shape index (κ1) is 34.2. The summed E-state index contributed by atoms with van der Waals surface area (Å²) >= 11 is 0. The molecule has 0 saturated carbocycles. The van der Waals surface area contributed by atoms with Gasteiger partial charge in [0, 0.05) is 24.6 Å². The normalized spacial score (nSPS) is 12.4. The fourth-order valence-electron chi connectivity index (χ4n) is 3.21. The number of unbranched alkanes of at least 4 members (excludes halogenated alkanes) is 10. The standard InChI is InChI=1S/C24H46N4O6S2/c1-3-5-7-9-11-13-15-25-23(33)27-19(21(29)30)17-35-36-18-20(22(31)32)28-24(34)26-16-14-12-10-8-6-4-2/h19-20H,3-18H2,1-2H3,(H,29,30)(H,31,32)(H2,25,27,33)(H2,26,28,34)/t19-,20-/m1/s1. The summed E-state index contributed by atoms with van der Waals surface area (Å²) in [4.78, 5) is 46.9. The fraction of sp³-hybridized carbons (Fsp3) is 0.833. The summed E-state index contributed by atoms with van der Waals surface area (Å²) in [5, 5.41) is 29.0. The molecule has 0 aromatic rings. The molecule has 0 saturated heterocycles. The van der Waals surface area contributed by atoms with Gasteiger partial charge in [-0.15, -0.1) is 0 Å². The SMILES string of the molecule is CCCCCCCCNC(=O)N[C@H](CSSC[C@@H](NC(=O)NCCCCCCCC)C(=O)O)C(=O)O. The lowest BCUT2D eigenvalue weighted by Gasteiger charge is -2.16. The van der Waals surface area contributed by atoms with E-state index in [2.05, 4.69) is 35.1 Å². The average Bonchev–Trinajstić information content (AvgIpc) is 2.83. The third-order valence-corrected chi connectivity index (χ3v) is 7.81. The van der Waals surface area contributed by atoms with E-state index in [0.29, 0.717) is 13.1 Å². The van der Waals surface area contributed by atoms with E-state index in [1.807, 2.05) is 0 Å². The van der Waals surface area contributed by atoms with Crippen LogP contribution in [0.25, 0.3) is 0 Å². The van der Waals surface area contributed by atoms with Crippen molar-refractivity contribution in [3.8, 4) is 0 Å². The lowest BCUT2D eigenvalue weighted by Crippen LogP contribution is -2.48. The summed E-state index contributed by atoms with van der Waals surface area (Å²) in [6.07, 6.45) is 13.1. The monoisotopic (exact) mass is 550 g/mol. The fourth-order valence-corrected chi connectivity index (χ4v) is 5.53. The van der Waals surface area contributed by atoms with Crippen molar-refractivity contribution in [3.05, 3.63) is 0 Å². The molecular formula is C24H46N4O6S2. The number of nitrogens with one attached hydrogen (secondary N) is 4. The molecule has 0 aromatic carbocycles. The lowest BCUT2D eigenvalue weighted by atomic mass is 10.1. The Morgan fingerprint density at radius 1 is 0.583 bits per heavy atom. The van der Waals surface area contributed by atoms with Crippen LogP contribution in [-0.4, -0.2) is 70.9 Å². The topological polar surface area (TPSA) is 157 Å². The number of urea groups is 2. The minimum atomic E-state index is -1.17. The highest BCUT2D eigenvalue weighted by molar-refractivity contribution is 8.76. The largest absolute Gasteiger partial charge is 0.480 e. The number of aliphatic carboxylic acids is 2. The van der Waals surface area contributed by atoms with Crippen LogP contribution >= 0.6 is 21.6 Å². The van der Waals surface area contributed by atoms with Gasteiger partial charge in [-0.2, -0.15) is 0 Å². The molecule has 0 radical (unpaired) electrons. The second kappa shape index (κ2) is 23.6. The smallest absolute Gasteiger partial charge is 0.327 e. The van der Waals surface area contributed by atoms with Crippen molar-refractivity contribution < 1.29 is 29.4 Å². The molecule has 4 amide bonds. The van der Waals surface area contributed by atoms with Crippen molar-refractivity contribution in [3.63, 3.8) is 0 Å². The molecule has 6 N–H and O–H groups in total. The van der Waals surface area contributed by atoms with Gasteiger partial charge in [0.15, 0.2) is 0 Å². The second-order valence-corrected chi connectivity index (χ2v) is 11.2. The number of carbonyl (C=O) groups excluding carboxylic acids is 2. The van der Waals surface area contributed by atoms with E-state index < -0.39 is 36.1 Å². The van der Waals surface area contributed by atoms with Crippen molar-refractivity contribution >= 4 is 45.6 Å². The molecule has 10 nitrogen and oxygen atoms in total. The Kier molecular flexibility index (Phi) is 22.4. The number of rotatable bonds is 23. The molecule has 12 heteroatoms. The van der Waals surface area contributed by atoms with Gasteiger partial charge in [0.25, 0.3) is 0 Å². The van der Waals surface area contributed by atoms with Crippen LogP contribution in [0, 0.1) is 0 Å². The summed E-state index contributed by atoms with van der Waals surface area (Å²) in [5.74, 6) is -2.22. The van der Waals surface area contributed by atoms with E-state index in [4.69, 9.17) is 0 Å². The van der Waals surface area contributed by atoms with E-state index in [9.17, 15) is 29.4 Å². The van der Waals surface area contributed by atoms with Gasteiger partial charge in [-0.05, 0) is 12.8 Å². The quantitative estimate of drug-likeness (QED) is 0.0796. The van der Waals surface area contributed by atoms with Crippen molar-refractivity contribution in [2.75, 3.05) is 24.6 Å². The summed E-state index contributed by atoms with van der Waals surface area (Å²) in [6, 6.07) is -3.28. The molecule has 36 heavy (non-hydrogen) atoms. The molecule has 0 aliphatic rings. The molecule has 0 rings (SSSR count). The molecule has 0 aliphatic carbocycles. The lowest BCUT2D eigenvalue weighted by molar-refractivity contribution is -0.139. The zero-order valence-electron chi connectivity index (χ0n) is 21.8. The summed E-state index contributed by atoms with van der Waals surface area (Å²) < 4.78 is 0. The third-order valence-electron chi connectivity index (χ3n) is 5.39. The van der Waals surface area contributed by atoms with Crippen LogP contribution in [0.15, 0.2) is 0 Å². The van der Waals surface area contributed by atoms with Crippen LogP contribution in [0.3, 0.4) is 0 Å². The van der Waals surface area contributed by atoms with Gasteiger partial charge in [0.05, 0.1) is 0 Å². The highest BCUT2D eigenvalue weighted by Crippen LogP contribution is 2.23. The molecule has 0 unspecified atom stereocenters. The van der Waals surface area contributed by atoms with Crippen molar-refractivity contribution in [2.45, 2.75) is 103 Å². The van der Waals surface area contributed by atoms with Gasteiger partial charge >= 0.3 is 24.0 Å². The Labute approximate surface area is 223 Å². The Morgan fingerprint density at radius 3 is 1.25 bits per heavy atom. The third kappa shape index (κ3) is 20.4. The summed E-state index contributed by atoms with van der Waals surface area (Å²) in [5.41, 5.74) is 0. The molecule has 0 aromatic heterocycles. The first-order chi connectivity index (χ1) is 17.3. The Morgan fingerprint density at radius 2 is 0.917 bits per heavy atom. The predicted molar refractivity (Wildman–Crippen MR) is 148 cm³/mol. The van der Waals surface area contributed by atoms with Gasteiger partial charge in [0.2, 0.25) is 0 Å². The number of hydrogen-bond acceptors (Lipinski definition) is 6. The van der Waals surface area contributed by atoms with E-state index >= 15 is 0 Å². The molecule has 210 valence electrons. The molecule has 2 atom stereocenters. The van der Waals surface area contributed by atoms with Gasteiger partial charge in [-0.1, -0.05) is 99.6 Å². The zero-order valence-corrected chi connectivity index (χ0v) is 23.4. The van der Waals surface area contributed by atoms with Crippen molar-refractivity contribution in [1.82, 2.24) is 21.3 Å². The van der Waals surface area contributed by atoms with Crippen LogP contribution < -0.4 is 21.3 Å². The summed E-state index contributed by atoms with van der Waals surface area (Å²) in [6.45, 7) is 5.28. The Bertz CT molecular complexity index is 575. The number of carboxylic acids is 2.